The molecular weight excluding hydrogens is 420 g/mol. The summed E-state index contributed by atoms with van der Waals surface area (Å²) in [7, 11) is 1.86. The number of likely N-dealkylation sites (tertiary alicyclic amines) is 1. The number of carbonyl (C=O) groups is 2. The molecule has 10 heteroatoms. The van der Waals surface area contributed by atoms with Crippen LogP contribution in [0.2, 0.25) is 0 Å². The lowest BCUT2D eigenvalue weighted by molar-refractivity contribution is -0.129. The Morgan fingerprint density at radius 1 is 1.30 bits per heavy atom. The average molecular weight is 447 g/mol. The molecule has 0 bridgehead atoms. The molecule has 0 spiro atoms. The summed E-state index contributed by atoms with van der Waals surface area (Å²) in [4.78, 5) is 36.8. The minimum Gasteiger partial charge on any atom is -0.364 e. The van der Waals surface area contributed by atoms with E-state index in [1.807, 2.05) is 49.2 Å². The monoisotopic (exact) mass is 446 g/mol. The molecule has 2 amide bonds. The van der Waals surface area contributed by atoms with Crippen LogP contribution >= 0.6 is 0 Å². The number of hydrogen-bond acceptors (Lipinski definition) is 8. The zero-order valence-electron chi connectivity index (χ0n) is 18.6. The number of rotatable bonds is 6. The van der Waals surface area contributed by atoms with Crippen LogP contribution < -0.4 is 16.0 Å². The first-order valence-corrected chi connectivity index (χ1v) is 10.7. The summed E-state index contributed by atoms with van der Waals surface area (Å²) >= 11 is 0. The topological polar surface area (TPSA) is 130 Å². The first-order chi connectivity index (χ1) is 15.9. The number of amides is 2. The number of aromatic nitrogens is 4. The number of nitrogens with two attached hydrogens (primary N) is 1. The molecule has 2 aromatic heterocycles. The highest BCUT2D eigenvalue weighted by Crippen LogP contribution is 2.27. The summed E-state index contributed by atoms with van der Waals surface area (Å²) in [5.74, 6) is -0.292. The fraction of sp³-hybridized carbons (Fsp3) is 0.304. The Kier molecular flexibility index (Phi) is 6.16. The van der Waals surface area contributed by atoms with Crippen LogP contribution in [0.3, 0.4) is 0 Å². The molecule has 0 radical (unpaired) electrons. The first kappa shape index (κ1) is 22.1. The number of piperidine rings is 1. The van der Waals surface area contributed by atoms with E-state index in [9.17, 15) is 9.59 Å². The summed E-state index contributed by atoms with van der Waals surface area (Å²) < 4.78 is 0. The van der Waals surface area contributed by atoms with Gasteiger partial charge in [-0.25, -0.2) is 0 Å². The van der Waals surface area contributed by atoms with Gasteiger partial charge in [0.05, 0.1) is 11.6 Å². The molecule has 1 aromatic carbocycles. The summed E-state index contributed by atoms with van der Waals surface area (Å²) in [6, 6.07) is 9.32. The Labute approximate surface area is 191 Å². The van der Waals surface area contributed by atoms with Crippen LogP contribution in [0.4, 0.5) is 17.5 Å². The van der Waals surface area contributed by atoms with Crippen molar-refractivity contribution in [2.75, 3.05) is 23.8 Å². The second-order valence-corrected chi connectivity index (χ2v) is 8.01. The number of benzene rings is 1. The van der Waals surface area contributed by atoms with Crippen molar-refractivity contribution >= 4 is 40.2 Å². The van der Waals surface area contributed by atoms with Crippen LogP contribution in [0.5, 0.6) is 0 Å². The molecule has 170 valence electrons. The second kappa shape index (κ2) is 9.19. The standard InChI is InChI=1S/C23H26N8O2/c1-4-19(32)31-12-6-8-18(14(31)2)30(3)23-27-22(20(21(24)33)28-29-23)26-16-9-10-17-15(13-16)7-5-11-25-17/h4-5,7,9-11,13-14,18H,1,6,8,12H2,2-3H3,(H2,24,33)(H,26,27,29)/t14-,18-/m1/s1. The van der Waals surface area contributed by atoms with Crippen molar-refractivity contribution in [2.45, 2.75) is 31.8 Å². The lowest BCUT2D eigenvalue weighted by Gasteiger charge is -2.42. The number of nitrogens with zero attached hydrogens (tertiary/aromatic N) is 6. The molecule has 0 saturated carbocycles. The van der Waals surface area contributed by atoms with E-state index in [1.54, 1.807) is 11.1 Å². The molecule has 1 aliphatic rings. The minimum absolute atomic E-state index is 0.0246. The van der Waals surface area contributed by atoms with Gasteiger partial charge in [0, 0.05) is 36.9 Å². The largest absolute Gasteiger partial charge is 0.364 e. The quantitative estimate of drug-likeness (QED) is 0.552. The first-order valence-electron chi connectivity index (χ1n) is 10.7. The molecule has 0 aliphatic carbocycles. The third-order valence-electron chi connectivity index (χ3n) is 5.99. The highest BCUT2D eigenvalue weighted by atomic mass is 16.2. The maximum absolute atomic E-state index is 12.2. The Morgan fingerprint density at radius 3 is 2.88 bits per heavy atom. The van der Waals surface area contributed by atoms with Gasteiger partial charge in [0.25, 0.3) is 5.91 Å². The van der Waals surface area contributed by atoms with Gasteiger partial charge >= 0.3 is 0 Å². The molecule has 1 saturated heterocycles. The minimum atomic E-state index is -0.733. The van der Waals surface area contributed by atoms with Gasteiger partial charge in [-0.05, 0) is 50.1 Å². The highest BCUT2D eigenvalue weighted by molar-refractivity contribution is 5.96. The van der Waals surface area contributed by atoms with E-state index >= 15 is 0 Å². The predicted octanol–water partition coefficient (Wildman–Crippen LogP) is 2.26. The molecule has 4 rings (SSSR count). The molecule has 3 heterocycles. The number of carbonyl (C=O) groups excluding carboxylic acids is 2. The van der Waals surface area contributed by atoms with Gasteiger partial charge in [-0.1, -0.05) is 12.6 Å². The van der Waals surface area contributed by atoms with Gasteiger partial charge < -0.3 is 20.9 Å². The van der Waals surface area contributed by atoms with Gasteiger partial charge in [0.1, 0.15) is 0 Å². The van der Waals surface area contributed by atoms with Gasteiger partial charge in [-0.15, -0.1) is 10.2 Å². The summed E-state index contributed by atoms with van der Waals surface area (Å²) in [6.07, 6.45) is 4.77. The highest BCUT2D eigenvalue weighted by Gasteiger charge is 2.34. The molecule has 33 heavy (non-hydrogen) atoms. The van der Waals surface area contributed by atoms with Crippen LogP contribution in [0.1, 0.15) is 30.3 Å². The predicted molar refractivity (Wildman–Crippen MR) is 126 cm³/mol. The van der Waals surface area contributed by atoms with Crippen molar-refractivity contribution in [3.05, 3.63) is 54.9 Å². The van der Waals surface area contributed by atoms with Crippen molar-refractivity contribution in [1.82, 2.24) is 25.1 Å². The van der Waals surface area contributed by atoms with Crippen molar-refractivity contribution in [2.24, 2.45) is 5.73 Å². The molecular formula is C23H26N8O2. The maximum atomic E-state index is 12.2. The smallest absolute Gasteiger partial charge is 0.273 e. The van der Waals surface area contributed by atoms with E-state index in [1.165, 1.54) is 6.08 Å². The maximum Gasteiger partial charge on any atom is 0.273 e. The number of likely N-dealkylation sites (N-methyl/N-ethyl adjacent to an activating group) is 1. The Balaban J connectivity index is 1.64. The van der Waals surface area contributed by atoms with E-state index in [-0.39, 0.29) is 29.5 Å². The van der Waals surface area contributed by atoms with E-state index in [2.05, 4.69) is 32.1 Å². The van der Waals surface area contributed by atoms with E-state index in [4.69, 9.17) is 5.73 Å². The molecule has 10 nitrogen and oxygen atoms in total. The van der Waals surface area contributed by atoms with Crippen molar-refractivity contribution < 1.29 is 9.59 Å². The molecule has 3 aromatic rings. The Bertz CT molecular complexity index is 1210. The number of pyridine rings is 1. The van der Waals surface area contributed by atoms with Crippen LogP contribution in [0, 0.1) is 0 Å². The number of anilines is 3. The number of hydrogen-bond donors (Lipinski definition) is 2. The van der Waals surface area contributed by atoms with Gasteiger partial charge in [0.15, 0.2) is 11.5 Å². The third-order valence-corrected chi connectivity index (χ3v) is 5.99. The van der Waals surface area contributed by atoms with Gasteiger partial charge in [0.2, 0.25) is 11.9 Å². The van der Waals surface area contributed by atoms with Crippen molar-refractivity contribution in [3.63, 3.8) is 0 Å². The Hall–Kier alpha value is -4.08. The number of fused-ring (bicyclic) bond motifs is 1. The second-order valence-electron chi connectivity index (χ2n) is 8.01. The average Bonchev–Trinajstić information content (AvgIpc) is 2.83. The van der Waals surface area contributed by atoms with Crippen LogP contribution in [-0.4, -0.2) is 62.6 Å². The lowest BCUT2D eigenvalue weighted by Crippen LogP contribution is -2.55. The summed E-state index contributed by atoms with van der Waals surface area (Å²) in [6.45, 7) is 6.27. The summed E-state index contributed by atoms with van der Waals surface area (Å²) in [5.41, 5.74) is 7.02. The van der Waals surface area contributed by atoms with Crippen molar-refractivity contribution in [1.29, 1.82) is 0 Å². The van der Waals surface area contributed by atoms with Crippen LogP contribution in [0.15, 0.2) is 49.2 Å². The fourth-order valence-electron chi connectivity index (χ4n) is 4.23. The van der Waals surface area contributed by atoms with Crippen molar-refractivity contribution in [3.8, 4) is 0 Å². The third kappa shape index (κ3) is 4.45. The molecule has 2 atom stereocenters. The summed E-state index contributed by atoms with van der Waals surface area (Å²) in [5, 5.41) is 12.3. The van der Waals surface area contributed by atoms with Gasteiger partial charge in [-0.3, -0.25) is 14.6 Å². The van der Waals surface area contributed by atoms with Gasteiger partial charge in [-0.2, -0.15) is 4.98 Å². The van der Waals surface area contributed by atoms with E-state index in [0.29, 0.717) is 18.2 Å². The molecule has 3 N–H and O–H groups in total. The molecule has 0 unspecified atom stereocenters. The zero-order chi connectivity index (χ0) is 23.5. The molecule has 1 fully saturated rings. The van der Waals surface area contributed by atoms with Crippen LogP contribution in [-0.2, 0) is 4.79 Å². The molecule has 1 aliphatic heterocycles. The normalized spacial score (nSPS) is 18.1. The fourth-order valence-corrected chi connectivity index (χ4v) is 4.23. The Morgan fingerprint density at radius 2 is 2.12 bits per heavy atom. The lowest BCUT2D eigenvalue weighted by atomic mass is 9.96. The van der Waals surface area contributed by atoms with E-state index < -0.39 is 5.91 Å². The SMILES string of the molecule is C=CC(=O)N1CCC[C@@H](N(C)c2nnc(C(N)=O)c(Nc3ccc4ncccc4c3)n2)[C@H]1C. The van der Waals surface area contributed by atoms with Crippen LogP contribution in [0.25, 0.3) is 10.9 Å². The number of primary amides is 1. The zero-order valence-corrected chi connectivity index (χ0v) is 18.6. The number of nitrogens with one attached hydrogen (secondary N) is 1. The van der Waals surface area contributed by atoms with E-state index in [0.717, 1.165) is 23.7 Å².